The Hall–Kier alpha value is -2.08. The molecule has 0 aromatic heterocycles. The highest BCUT2D eigenvalue weighted by molar-refractivity contribution is 5.80. The molecule has 0 bridgehead atoms. The molecule has 1 aliphatic rings. The van der Waals surface area contributed by atoms with Gasteiger partial charge < -0.3 is 9.64 Å². The summed E-state index contributed by atoms with van der Waals surface area (Å²) in [6.45, 7) is 3.13. The molecule has 2 amide bonds. The number of piperidine rings is 1. The molecular weight excluding hydrogens is 270 g/mol. The first-order valence-electron chi connectivity index (χ1n) is 7.08. The molecule has 3 N–H and O–H groups in total. The Morgan fingerprint density at radius 2 is 2.10 bits per heavy atom. The number of aryl methyl sites for hydroxylation is 1. The van der Waals surface area contributed by atoms with Gasteiger partial charge >= 0.3 is 0 Å². The summed E-state index contributed by atoms with van der Waals surface area (Å²) in [6.07, 6.45) is 1.28. The zero-order valence-electron chi connectivity index (χ0n) is 12.2. The summed E-state index contributed by atoms with van der Waals surface area (Å²) >= 11 is 0. The Morgan fingerprint density at radius 3 is 2.71 bits per heavy atom. The molecule has 0 aliphatic carbocycles. The molecule has 0 spiro atoms. The van der Waals surface area contributed by atoms with Crippen molar-refractivity contribution in [3.63, 3.8) is 0 Å². The quantitative estimate of drug-likeness (QED) is 0.483. The van der Waals surface area contributed by atoms with Crippen molar-refractivity contribution < 1.29 is 14.3 Å². The van der Waals surface area contributed by atoms with Crippen LogP contribution < -0.4 is 16.0 Å². The number of nitrogens with one attached hydrogen (secondary N) is 1. The molecule has 1 fully saturated rings. The number of likely N-dealkylation sites (tertiary alicyclic amines) is 1. The molecule has 1 aromatic rings. The van der Waals surface area contributed by atoms with Crippen molar-refractivity contribution in [2.45, 2.75) is 19.8 Å². The lowest BCUT2D eigenvalue weighted by molar-refractivity contribution is -0.137. The first-order chi connectivity index (χ1) is 10.1. The third-order valence-electron chi connectivity index (χ3n) is 3.71. The number of rotatable bonds is 4. The van der Waals surface area contributed by atoms with Crippen LogP contribution in [-0.4, -0.2) is 36.4 Å². The topological polar surface area (TPSA) is 84.7 Å². The average molecular weight is 291 g/mol. The normalized spacial score (nSPS) is 15.6. The number of hydrogen-bond donors (Lipinski definition) is 2. The second-order valence-electron chi connectivity index (χ2n) is 5.27. The minimum Gasteiger partial charge on any atom is -0.484 e. The Balaban J connectivity index is 1.78. The number of amides is 2. The SMILES string of the molecule is Cc1cccc(OCC(=O)N2CCC(C(=O)NN)CC2)c1. The first kappa shape index (κ1) is 15.3. The molecule has 1 saturated heterocycles. The maximum Gasteiger partial charge on any atom is 0.260 e. The second-order valence-corrected chi connectivity index (χ2v) is 5.27. The van der Waals surface area contributed by atoms with Gasteiger partial charge in [0.2, 0.25) is 5.91 Å². The highest BCUT2D eigenvalue weighted by Crippen LogP contribution is 2.18. The van der Waals surface area contributed by atoms with E-state index in [0.29, 0.717) is 31.7 Å². The van der Waals surface area contributed by atoms with Crippen LogP contribution in [-0.2, 0) is 9.59 Å². The number of benzene rings is 1. The van der Waals surface area contributed by atoms with E-state index >= 15 is 0 Å². The number of nitrogens with zero attached hydrogens (tertiary/aromatic N) is 1. The van der Waals surface area contributed by atoms with Gasteiger partial charge in [-0.15, -0.1) is 0 Å². The van der Waals surface area contributed by atoms with E-state index < -0.39 is 0 Å². The van der Waals surface area contributed by atoms with Crippen molar-refractivity contribution in [3.8, 4) is 5.75 Å². The second kappa shape index (κ2) is 7.08. The predicted molar refractivity (Wildman–Crippen MR) is 78.3 cm³/mol. The maximum absolute atomic E-state index is 12.1. The highest BCUT2D eigenvalue weighted by atomic mass is 16.5. The zero-order valence-corrected chi connectivity index (χ0v) is 12.2. The van der Waals surface area contributed by atoms with E-state index in [1.54, 1.807) is 4.90 Å². The Morgan fingerprint density at radius 1 is 1.38 bits per heavy atom. The molecule has 1 aromatic carbocycles. The van der Waals surface area contributed by atoms with Crippen molar-refractivity contribution in [1.82, 2.24) is 10.3 Å². The van der Waals surface area contributed by atoms with Crippen LogP contribution in [0, 0.1) is 12.8 Å². The van der Waals surface area contributed by atoms with Crippen LogP contribution in [0.2, 0.25) is 0 Å². The minimum absolute atomic E-state index is 0.0250. The highest BCUT2D eigenvalue weighted by Gasteiger charge is 2.26. The van der Waals surface area contributed by atoms with Crippen molar-refractivity contribution in [1.29, 1.82) is 0 Å². The summed E-state index contributed by atoms with van der Waals surface area (Å²) in [5.74, 6) is 5.51. The minimum atomic E-state index is -0.155. The van der Waals surface area contributed by atoms with E-state index in [1.165, 1.54) is 0 Å². The fourth-order valence-corrected chi connectivity index (χ4v) is 2.45. The van der Waals surface area contributed by atoms with Crippen LogP contribution in [0.3, 0.4) is 0 Å². The van der Waals surface area contributed by atoms with Gasteiger partial charge in [0.05, 0.1) is 0 Å². The van der Waals surface area contributed by atoms with E-state index in [9.17, 15) is 9.59 Å². The summed E-state index contributed by atoms with van der Waals surface area (Å²) in [5.41, 5.74) is 3.25. The predicted octanol–water partition coefficient (Wildman–Crippen LogP) is 0.602. The van der Waals surface area contributed by atoms with Crippen LogP contribution in [0.15, 0.2) is 24.3 Å². The molecule has 0 saturated carbocycles. The van der Waals surface area contributed by atoms with Gasteiger partial charge in [-0.25, -0.2) is 5.84 Å². The Labute approximate surface area is 124 Å². The van der Waals surface area contributed by atoms with E-state index in [1.807, 2.05) is 31.2 Å². The largest absolute Gasteiger partial charge is 0.484 e. The van der Waals surface area contributed by atoms with Crippen molar-refractivity contribution in [2.24, 2.45) is 11.8 Å². The summed E-state index contributed by atoms with van der Waals surface area (Å²) in [5, 5.41) is 0. The van der Waals surface area contributed by atoms with Gasteiger partial charge in [-0.1, -0.05) is 12.1 Å². The maximum atomic E-state index is 12.1. The number of carbonyl (C=O) groups excluding carboxylic acids is 2. The van der Waals surface area contributed by atoms with Crippen LogP contribution in [0.1, 0.15) is 18.4 Å². The van der Waals surface area contributed by atoms with Crippen molar-refractivity contribution >= 4 is 11.8 Å². The average Bonchev–Trinajstić information content (AvgIpc) is 2.52. The third-order valence-corrected chi connectivity index (χ3v) is 3.71. The third kappa shape index (κ3) is 4.19. The summed E-state index contributed by atoms with van der Waals surface area (Å²) < 4.78 is 5.51. The molecule has 0 unspecified atom stereocenters. The molecule has 114 valence electrons. The molecule has 6 nitrogen and oxygen atoms in total. The van der Waals surface area contributed by atoms with E-state index in [4.69, 9.17) is 10.6 Å². The lowest BCUT2D eigenvalue weighted by Crippen LogP contribution is -2.45. The van der Waals surface area contributed by atoms with Crippen molar-refractivity contribution in [3.05, 3.63) is 29.8 Å². The smallest absolute Gasteiger partial charge is 0.260 e. The van der Waals surface area contributed by atoms with Gasteiger partial charge in [0.15, 0.2) is 6.61 Å². The molecule has 6 heteroatoms. The molecule has 0 radical (unpaired) electrons. The zero-order chi connectivity index (χ0) is 15.2. The van der Waals surface area contributed by atoms with E-state index in [2.05, 4.69) is 5.43 Å². The number of nitrogens with two attached hydrogens (primary N) is 1. The standard InChI is InChI=1S/C15H21N3O3/c1-11-3-2-4-13(9-11)21-10-14(19)18-7-5-12(6-8-18)15(20)17-16/h2-4,9,12H,5-8,10,16H2,1H3,(H,17,20). The molecule has 1 heterocycles. The molecule has 1 aliphatic heterocycles. The Bertz CT molecular complexity index is 511. The van der Waals surface area contributed by atoms with E-state index in [0.717, 1.165) is 5.56 Å². The molecule has 21 heavy (non-hydrogen) atoms. The Kier molecular flexibility index (Phi) is 5.16. The van der Waals surface area contributed by atoms with Gasteiger partial charge in [0.25, 0.3) is 5.91 Å². The van der Waals surface area contributed by atoms with Crippen LogP contribution >= 0.6 is 0 Å². The van der Waals surface area contributed by atoms with Gasteiger partial charge in [0, 0.05) is 19.0 Å². The number of ether oxygens (including phenoxy) is 1. The van der Waals surface area contributed by atoms with Gasteiger partial charge in [-0.05, 0) is 37.5 Å². The fourth-order valence-electron chi connectivity index (χ4n) is 2.45. The van der Waals surface area contributed by atoms with E-state index in [-0.39, 0.29) is 24.3 Å². The number of hydrogen-bond acceptors (Lipinski definition) is 4. The van der Waals surface area contributed by atoms with Gasteiger partial charge in [0.1, 0.15) is 5.75 Å². The van der Waals surface area contributed by atoms with Gasteiger partial charge in [-0.3, -0.25) is 15.0 Å². The molecule has 0 atom stereocenters. The molecule has 2 rings (SSSR count). The van der Waals surface area contributed by atoms with Crippen LogP contribution in [0.5, 0.6) is 5.75 Å². The monoisotopic (exact) mass is 291 g/mol. The summed E-state index contributed by atoms with van der Waals surface area (Å²) in [4.78, 5) is 25.2. The number of hydrazine groups is 1. The van der Waals surface area contributed by atoms with Gasteiger partial charge in [-0.2, -0.15) is 0 Å². The molecular formula is C15H21N3O3. The fraction of sp³-hybridized carbons (Fsp3) is 0.467. The van der Waals surface area contributed by atoms with Crippen molar-refractivity contribution in [2.75, 3.05) is 19.7 Å². The lowest BCUT2D eigenvalue weighted by Gasteiger charge is -2.30. The van der Waals surface area contributed by atoms with Crippen LogP contribution in [0.25, 0.3) is 0 Å². The summed E-state index contributed by atoms with van der Waals surface area (Å²) in [7, 11) is 0. The lowest BCUT2D eigenvalue weighted by atomic mass is 9.96. The number of carbonyl (C=O) groups is 2. The summed E-state index contributed by atoms with van der Waals surface area (Å²) in [6, 6.07) is 7.59. The first-order valence-corrected chi connectivity index (χ1v) is 7.08. The van der Waals surface area contributed by atoms with Crippen LogP contribution in [0.4, 0.5) is 0 Å².